The van der Waals surface area contributed by atoms with Gasteiger partial charge in [0, 0.05) is 18.3 Å². The van der Waals surface area contributed by atoms with Gasteiger partial charge in [0.2, 0.25) is 15.9 Å². The number of hydrogen-bond acceptors (Lipinski definition) is 4. The Morgan fingerprint density at radius 2 is 1.92 bits per heavy atom. The van der Waals surface area contributed by atoms with Crippen LogP contribution in [0.25, 0.3) is 0 Å². The van der Waals surface area contributed by atoms with Crippen LogP contribution in [0, 0.1) is 5.82 Å². The summed E-state index contributed by atoms with van der Waals surface area (Å²) in [6.45, 7) is -2.03. The Hall–Kier alpha value is -1.91. The molecule has 0 amide bonds. The number of ether oxygens (including phenoxy) is 1. The van der Waals surface area contributed by atoms with Crippen LogP contribution in [0.2, 0.25) is 5.02 Å². The van der Waals surface area contributed by atoms with Crippen LogP contribution in [0.4, 0.5) is 17.6 Å². The quantitative estimate of drug-likeness (QED) is 0.758. The first-order valence-corrected chi connectivity index (χ1v) is 8.53. The predicted octanol–water partition coefficient (Wildman–Crippen LogP) is 3.29. The fourth-order valence-corrected chi connectivity index (χ4v) is 3.12. The largest absolute Gasteiger partial charge is 0.468 e. The third-order valence-electron chi connectivity index (χ3n) is 2.88. The molecule has 1 aromatic carbocycles. The number of aromatic nitrogens is 1. The Labute approximate surface area is 145 Å². The minimum absolute atomic E-state index is 0.0535. The molecule has 25 heavy (non-hydrogen) atoms. The molecule has 0 aliphatic heterocycles. The van der Waals surface area contributed by atoms with Crippen molar-refractivity contribution in [1.29, 1.82) is 0 Å². The SMILES string of the molecule is O=S(=O)(NCc1cccnc1OCC(F)(F)F)c1cccc(Cl)c1F. The monoisotopic (exact) mass is 398 g/mol. The van der Waals surface area contributed by atoms with E-state index in [0.717, 1.165) is 6.07 Å². The first-order chi connectivity index (χ1) is 11.6. The number of halogens is 5. The van der Waals surface area contributed by atoms with E-state index in [1.807, 2.05) is 0 Å². The average molecular weight is 399 g/mol. The molecule has 0 radical (unpaired) electrons. The molecule has 0 aliphatic rings. The van der Waals surface area contributed by atoms with E-state index in [9.17, 15) is 26.0 Å². The van der Waals surface area contributed by atoms with Crippen LogP contribution in [0.1, 0.15) is 5.56 Å². The fraction of sp³-hybridized carbons (Fsp3) is 0.214. The molecule has 0 saturated heterocycles. The molecule has 2 rings (SSSR count). The van der Waals surface area contributed by atoms with Crippen molar-refractivity contribution in [2.45, 2.75) is 17.6 Å². The summed E-state index contributed by atoms with van der Waals surface area (Å²) in [6.07, 6.45) is -3.38. The van der Waals surface area contributed by atoms with Gasteiger partial charge < -0.3 is 4.74 Å². The summed E-state index contributed by atoms with van der Waals surface area (Å²) in [5.41, 5.74) is 0.0535. The molecule has 136 valence electrons. The number of benzene rings is 1. The van der Waals surface area contributed by atoms with E-state index in [2.05, 4.69) is 14.4 Å². The van der Waals surface area contributed by atoms with Crippen molar-refractivity contribution in [2.24, 2.45) is 0 Å². The van der Waals surface area contributed by atoms with Gasteiger partial charge in [-0.25, -0.2) is 22.5 Å². The van der Waals surface area contributed by atoms with E-state index in [1.54, 1.807) is 0 Å². The molecule has 11 heteroatoms. The number of pyridine rings is 1. The molecule has 0 fully saturated rings. The zero-order valence-corrected chi connectivity index (χ0v) is 13.9. The summed E-state index contributed by atoms with van der Waals surface area (Å²) in [5, 5.41) is -0.376. The van der Waals surface area contributed by atoms with Crippen molar-refractivity contribution in [2.75, 3.05) is 6.61 Å². The Kier molecular flexibility index (Phi) is 5.86. The second-order valence-corrected chi connectivity index (χ2v) is 6.89. The van der Waals surface area contributed by atoms with E-state index in [4.69, 9.17) is 11.6 Å². The Bertz CT molecular complexity index is 859. The van der Waals surface area contributed by atoms with E-state index in [0.29, 0.717) is 0 Å². The number of sulfonamides is 1. The highest BCUT2D eigenvalue weighted by molar-refractivity contribution is 7.89. The van der Waals surface area contributed by atoms with E-state index < -0.39 is 40.1 Å². The molecular weight excluding hydrogens is 388 g/mol. The summed E-state index contributed by atoms with van der Waals surface area (Å²) in [4.78, 5) is 2.96. The van der Waals surface area contributed by atoms with Crippen molar-refractivity contribution >= 4 is 21.6 Å². The Morgan fingerprint density at radius 1 is 1.20 bits per heavy atom. The molecule has 0 aliphatic carbocycles. The summed E-state index contributed by atoms with van der Waals surface area (Å²) in [6, 6.07) is 6.16. The normalized spacial score (nSPS) is 12.2. The number of rotatable bonds is 6. The molecule has 0 saturated carbocycles. The zero-order valence-electron chi connectivity index (χ0n) is 12.3. The van der Waals surface area contributed by atoms with Crippen LogP contribution >= 0.6 is 11.6 Å². The van der Waals surface area contributed by atoms with Crippen LogP contribution in [0.15, 0.2) is 41.4 Å². The molecule has 0 spiro atoms. The van der Waals surface area contributed by atoms with Gasteiger partial charge in [0.1, 0.15) is 4.90 Å². The topological polar surface area (TPSA) is 68.3 Å². The van der Waals surface area contributed by atoms with Gasteiger partial charge in [-0.2, -0.15) is 13.2 Å². The molecule has 0 bridgehead atoms. The third kappa shape index (κ3) is 5.28. The second kappa shape index (κ2) is 7.54. The van der Waals surface area contributed by atoms with Crippen LogP contribution in [0.3, 0.4) is 0 Å². The fourth-order valence-electron chi connectivity index (χ4n) is 1.78. The second-order valence-electron chi connectivity index (χ2n) is 4.75. The minimum Gasteiger partial charge on any atom is -0.468 e. The lowest BCUT2D eigenvalue weighted by molar-refractivity contribution is -0.154. The van der Waals surface area contributed by atoms with Crippen molar-refractivity contribution in [3.8, 4) is 5.88 Å². The minimum atomic E-state index is -4.57. The predicted molar refractivity (Wildman–Crippen MR) is 81.2 cm³/mol. The lowest BCUT2D eigenvalue weighted by Crippen LogP contribution is -2.25. The van der Waals surface area contributed by atoms with Crippen LogP contribution < -0.4 is 9.46 Å². The number of alkyl halides is 3. The average Bonchev–Trinajstić information content (AvgIpc) is 2.53. The van der Waals surface area contributed by atoms with Gasteiger partial charge in [0.15, 0.2) is 12.4 Å². The number of nitrogens with one attached hydrogen (secondary N) is 1. The van der Waals surface area contributed by atoms with E-state index in [-0.39, 0.29) is 16.5 Å². The summed E-state index contributed by atoms with van der Waals surface area (Å²) in [7, 11) is -4.29. The van der Waals surface area contributed by atoms with Crippen LogP contribution in [-0.4, -0.2) is 26.2 Å². The number of nitrogens with zero attached hydrogens (tertiary/aromatic N) is 1. The van der Waals surface area contributed by atoms with Crippen molar-refractivity contribution in [3.63, 3.8) is 0 Å². The maximum atomic E-state index is 13.8. The third-order valence-corrected chi connectivity index (χ3v) is 4.59. The molecule has 1 heterocycles. The summed E-state index contributed by atoms with van der Waals surface area (Å²) in [5.74, 6) is -1.51. The first kappa shape index (κ1) is 19.4. The van der Waals surface area contributed by atoms with Crippen LogP contribution in [-0.2, 0) is 16.6 Å². The lowest BCUT2D eigenvalue weighted by atomic mass is 10.3. The standard InChI is InChI=1S/C14H11ClF4N2O3S/c15-10-4-1-5-11(12(10)16)25(22,23)21-7-9-3-2-6-20-13(9)24-8-14(17,18)19/h1-6,21H,7-8H2. The van der Waals surface area contributed by atoms with Crippen LogP contribution in [0.5, 0.6) is 5.88 Å². The smallest absolute Gasteiger partial charge is 0.422 e. The van der Waals surface area contributed by atoms with E-state index in [1.165, 1.54) is 30.5 Å². The molecule has 5 nitrogen and oxygen atoms in total. The molecule has 2 aromatic rings. The lowest BCUT2D eigenvalue weighted by Gasteiger charge is -2.13. The highest BCUT2D eigenvalue weighted by Crippen LogP contribution is 2.23. The van der Waals surface area contributed by atoms with Gasteiger partial charge >= 0.3 is 6.18 Å². The van der Waals surface area contributed by atoms with E-state index >= 15 is 0 Å². The Morgan fingerprint density at radius 3 is 2.60 bits per heavy atom. The van der Waals surface area contributed by atoms with Gasteiger partial charge in [-0.05, 0) is 18.2 Å². The summed E-state index contributed by atoms with van der Waals surface area (Å²) < 4.78 is 81.5. The van der Waals surface area contributed by atoms with Crippen molar-refractivity contribution in [3.05, 3.63) is 52.9 Å². The molecular formula is C14H11ClF4N2O3S. The van der Waals surface area contributed by atoms with Crippen molar-refractivity contribution in [1.82, 2.24) is 9.71 Å². The Balaban J connectivity index is 2.17. The number of hydrogen-bond donors (Lipinski definition) is 1. The zero-order chi connectivity index (χ0) is 18.7. The molecule has 1 aromatic heterocycles. The van der Waals surface area contributed by atoms with Crippen molar-refractivity contribution < 1.29 is 30.7 Å². The maximum Gasteiger partial charge on any atom is 0.422 e. The van der Waals surface area contributed by atoms with Gasteiger partial charge in [-0.3, -0.25) is 0 Å². The van der Waals surface area contributed by atoms with Gasteiger partial charge in [-0.15, -0.1) is 0 Å². The highest BCUT2D eigenvalue weighted by Gasteiger charge is 2.29. The maximum absolute atomic E-state index is 13.8. The van der Waals surface area contributed by atoms with Gasteiger partial charge in [0.25, 0.3) is 0 Å². The highest BCUT2D eigenvalue weighted by atomic mass is 35.5. The van der Waals surface area contributed by atoms with Gasteiger partial charge in [0.05, 0.1) is 5.02 Å². The first-order valence-electron chi connectivity index (χ1n) is 6.67. The van der Waals surface area contributed by atoms with Gasteiger partial charge in [-0.1, -0.05) is 23.7 Å². The molecule has 0 atom stereocenters. The molecule has 1 N–H and O–H groups in total. The molecule has 0 unspecified atom stereocenters. The summed E-state index contributed by atoms with van der Waals surface area (Å²) >= 11 is 5.54.